The van der Waals surface area contributed by atoms with Gasteiger partial charge in [-0.05, 0) is 30.3 Å². The maximum atomic E-state index is 12.4. The van der Waals surface area contributed by atoms with Crippen LogP contribution in [0, 0.1) is 0 Å². The normalized spacial score (nSPS) is 11.0. The molecule has 0 saturated heterocycles. The molecule has 3 aromatic carbocycles. The molecule has 1 heterocycles. The lowest BCUT2D eigenvalue weighted by Gasteiger charge is -2.11. The Morgan fingerprint density at radius 2 is 1.79 bits per heavy atom. The number of aromatic nitrogens is 3. The van der Waals surface area contributed by atoms with Crippen LogP contribution in [0.3, 0.4) is 0 Å². The summed E-state index contributed by atoms with van der Waals surface area (Å²) in [6.07, 6.45) is 1.60. The summed E-state index contributed by atoms with van der Waals surface area (Å²) in [7, 11) is 1.63. The molecule has 33 heavy (non-hydrogen) atoms. The van der Waals surface area contributed by atoms with Crippen LogP contribution < -0.4 is 10.2 Å². The average molecular weight is 522 g/mol. The minimum atomic E-state index is -0.242. The van der Waals surface area contributed by atoms with Gasteiger partial charge in [0.2, 0.25) is 0 Å². The number of nitrogens with one attached hydrogen (secondary N) is 1. The minimum Gasteiger partial charge on any atom is -0.497 e. The van der Waals surface area contributed by atoms with Crippen molar-refractivity contribution in [2.24, 2.45) is 5.10 Å². The molecule has 1 N–H and O–H groups in total. The number of methoxy groups -OCH3 is 1. The van der Waals surface area contributed by atoms with Gasteiger partial charge >= 0.3 is 0 Å². The maximum absolute atomic E-state index is 12.4. The molecule has 0 atom stereocenters. The molecule has 0 spiro atoms. The molecule has 0 aliphatic rings. The smallest absolute Gasteiger partial charge is 0.250 e. The van der Waals surface area contributed by atoms with Gasteiger partial charge in [0.05, 0.1) is 19.1 Å². The second-order valence-corrected chi connectivity index (χ2v) is 8.61. The molecule has 1 aromatic heterocycles. The molecule has 0 aliphatic carbocycles. The lowest BCUT2D eigenvalue weighted by atomic mass is 10.2. The molecular weight excluding hydrogens is 502 g/mol. The fraction of sp³-hybridized carbons (Fsp3) is 0.0833. The monoisotopic (exact) mass is 521 g/mol. The molecule has 0 fully saturated rings. The van der Waals surface area contributed by atoms with Crippen LogP contribution in [0.5, 0.6) is 5.75 Å². The Balaban J connectivity index is 1.51. The molecule has 7 nitrogen and oxygen atoms in total. The Morgan fingerprint density at radius 1 is 1.06 bits per heavy atom. The van der Waals surface area contributed by atoms with E-state index in [0.717, 1.165) is 27.0 Å². The number of nitrogens with zero attached hydrogens (tertiary/aromatic N) is 4. The van der Waals surface area contributed by atoms with Gasteiger partial charge in [0.15, 0.2) is 11.0 Å². The summed E-state index contributed by atoms with van der Waals surface area (Å²) in [5.74, 6) is 1.34. The topological polar surface area (TPSA) is 81.4 Å². The highest BCUT2D eigenvalue weighted by Crippen LogP contribution is 2.28. The quantitative estimate of drug-likeness (QED) is 0.201. The summed E-state index contributed by atoms with van der Waals surface area (Å²) in [6, 6.07) is 25.0. The second-order valence-electron chi connectivity index (χ2n) is 6.81. The average Bonchev–Trinajstić information content (AvgIpc) is 3.28. The van der Waals surface area contributed by atoms with Crippen molar-refractivity contribution < 1.29 is 9.53 Å². The number of carbonyl (C=O) groups excluding carboxylic acids is 1. The molecule has 4 rings (SSSR count). The van der Waals surface area contributed by atoms with Crippen molar-refractivity contribution in [3.8, 4) is 22.8 Å². The van der Waals surface area contributed by atoms with E-state index in [9.17, 15) is 4.79 Å². The van der Waals surface area contributed by atoms with Crippen LogP contribution in [0.25, 0.3) is 17.1 Å². The van der Waals surface area contributed by atoms with Gasteiger partial charge in [-0.15, -0.1) is 10.2 Å². The fourth-order valence-corrected chi connectivity index (χ4v) is 4.15. The Morgan fingerprint density at radius 3 is 2.52 bits per heavy atom. The lowest BCUT2D eigenvalue weighted by molar-refractivity contribution is -0.118. The van der Waals surface area contributed by atoms with Gasteiger partial charge in [-0.3, -0.25) is 9.36 Å². The van der Waals surface area contributed by atoms with E-state index in [1.807, 2.05) is 83.4 Å². The molecular formula is C24H20BrN5O2S. The minimum absolute atomic E-state index is 0.135. The van der Waals surface area contributed by atoms with Gasteiger partial charge in [0.1, 0.15) is 5.75 Å². The van der Waals surface area contributed by atoms with Crippen molar-refractivity contribution in [3.63, 3.8) is 0 Å². The predicted octanol–water partition coefficient (Wildman–Crippen LogP) is 4.95. The number of hydrogen-bond acceptors (Lipinski definition) is 6. The zero-order chi connectivity index (χ0) is 23.0. The second kappa shape index (κ2) is 10.9. The van der Waals surface area contributed by atoms with Crippen molar-refractivity contribution in [3.05, 3.63) is 88.9 Å². The van der Waals surface area contributed by atoms with Crippen LogP contribution in [-0.4, -0.2) is 39.7 Å². The number of carbonyl (C=O) groups is 1. The summed E-state index contributed by atoms with van der Waals surface area (Å²) in [6.45, 7) is 0. The molecule has 0 aliphatic heterocycles. The van der Waals surface area contributed by atoms with Gasteiger partial charge in [0.25, 0.3) is 5.91 Å². The van der Waals surface area contributed by atoms with Gasteiger partial charge in [-0.1, -0.05) is 76.2 Å². The zero-order valence-electron chi connectivity index (χ0n) is 17.7. The van der Waals surface area contributed by atoms with E-state index in [1.165, 1.54) is 11.8 Å². The van der Waals surface area contributed by atoms with Crippen LogP contribution in [-0.2, 0) is 4.79 Å². The van der Waals surface area contributed by atoms with E-state index in [0.29, 0.717) is 11.0 Å². The van der Waals surface area contributed by atoms with E-state index in [-0.39, 0.29) is 11.7 Å². The molecule has 166 valence electrons. The summed E-state index contributed by atoms with van der Waals surface area (Å²) < 4.78 is 8.10. The highest BCUT2D eigenvalue weighted by atomic mass is 79.9. The first-order valence-corrected chi connectivity index (χ1v) is 11.8. The third kappa shape index (κ3) is 5.68. The number of hydrazone groups is 1. The number of rotatable bonds is 8. The van der Waals surface area contributed by atoms with Crippen molar-refractivity contribution >= 4 is 39.8 Å². The largest absolute Gasteiger partial charge is 0.497 e. The Bertz CT molecular complexity index is 1260. The Hall–Kier alpha value is -3.43. The summed E-state index contributed by atoms with van der Waals surface area (Å²) >= 11 is 4.74. The van der Waals surface area contributed by atoms with Gasteiger partial charge < -0.3 is 4.74 Å². The van der Waals surface area contributed by atoms with Crippen molar-refractivity contribution in [1.82, 2.24) is 20.2 Å². The van der Waals surface area contributed by atoms with Gasteiger partial charge in [-0.25, -0.2) is 5.43 Å². The van der Waals surface area contributed by atoms with E-state index in [4.69, 9.17) is 4.74 Å². The summed E-state index contributed by atoms with van der Waals surface area (Å²) in [5, 5.41) is 13.4. The molecule has 0 unspecified atom stereocenters. The van der Waals surface area contributed by atoms with E-state index in [2.05, 4.69) is 36.7 Å². The van der Waals surface area contributed by atoms with E-state index >= 15 is 0 Å². The number of halogens is 1. The highest BCUT2D eigenvalue weighted by Gasteiger charge is 2.17. The third-order valence-electron chi connectivity index (χ3n) is 4.63. The maximum Gasteiger partial charge on any atom is 0.250 e. The fourth-order valence-electron chi connectivity index (χ4n) is 3.02. The zero-order valence-corrected chi connectivity index (χ0v) is 20.1. The first kappa shape index (κ1) is 22.8. The number of thioether (sulfide) groups is 1. The summed E-state index contributed by atoms with van der Waals surface area (Å²) in [4.78, 5) is 12.4. The standard InChI is InChI=1S/C24H20BrN5O2S/c1-32-20-13-11-19(12-14-20)30-23(17-7-3-2-4-8-17)28-29-24(30)33-16-22(31)27-26-15-18-9-5-6-10-21(18)25/h2-15H,16H2,1H3,(H,27,31)/b26-15-. The third-order valence-corrected chi connectivity index (χ3v) is 6.28. The van der Waals surface area contributed by atoms with Crippen LogP contribution >= 0.6 is 27.7 Å². The van der Waals surface area contributed by atoms with E-state index in [1.54, 1.807) is 13.3 Å². The molecule has 0 radical (unpaired) electrons. The van der Waals surface area contributed by atoms with Crippen molar-refractivity contribution in [2.45, 2.75) is 5.16 Å². The van der Waals surface area contributed by atoms with E-state index < -0.39 is 0 Å². The van der Waals surface area contributed by atoms with Crippen LogP contribution in [0.2, 0.25) is 0 Å². The first-order valence-electron chi connectivity index (χ1n) is 10.00. The molecule has 1 amide bonds. The molecule has 4 aromatic rings. The SMILES string of the molecule is COc1ccc(-n2c(SCC(=O)N/N=C\c3ccccc3Br)nnc2-c2ccccc2)cc1. The highest BCUT2D eigenvalue weighted by molar-refractivity contribution is 9.10. The number of amides is 1. The van der Waals surface area contributed by atoms with Crippen LogP contribution in [0.1, 0.15) is 5.56 Å². The number of hydrogen-bond donors (Lipinski definition) is 1. The van der Waals surface area contributed by atoms with Crippen molar-refractivity contribution in [1.29, 1.82) is 0 Å². The summed E-state index contributed by atoms with van der Waals surface area (Å²) in [5.41, 5.74) is 5.22. The number of ether oxygens (including phenoxy) is 1. The lowest BCUT2D eigenvalue weighted by Crippen LogP contribution is -2.20. The molecule has 9 heteroatoms. The Labute approximate surface area is 204 Å². The van der Waals surface area contributed by atoms with Gasteiger partial charge in [-0.2, -0.15) is 5.10 Å². The molecule has 0 saturated carbocycles. The van der Waals surface area contributed by atoms with Crippen LogP contribution in [0.4, 0.5) is 0 Å². The Kier molecular flexibility index (Phi) is 7.54. The molecule has 0 bridgehead atoms. The first-order chi connectivity index (χ1) is 16.2. The number of benzene rings is 3. The predicted molar refractivity (Wildman–Crippen MR) is 134 cm³/mol. The van der Waals surface area contributed by atoms with Crippen LogP contribution in [0.15, 0.2) is 93.6 Å². The van der Waals surface area contributed by atoms with Crippen molar-refractivity contribution in [2.75, 3.05) is 12.9 Å². The van der Waals surface area contributed by atoms with Gasteiger partial charge in [0, 0.05) is 21.3 Å².